The summed E-state index contributed by atoms with van der Waals surface area (Å²) < 4.78 is 15.7. The second-order valence-corrected chi connectivity index (χ2v) is 3.96. The molecule has 0 spiro atoms. The molecule has 2 rings (SSSR count). The number of rotatable bonds is 4. The van der Waals surface area contributed by atoms with Crippen molar-refractivity contribution in [1.29, 1.82) is 0 Å². The zero-order valence-corrected chi connectivity index (χ0v) is 10.4. The van der Waals surface area contributed by atoms with Crippen LogP contribution in [0.15, 0.2) is 18.2 Å². The van der Waals surface area contributed by atoms with Gasteiger partial charge in [-0.25, -0.2) is 0 Å². The van der Waals surface area contributed by atoms with E-state index in [4.69, 9.17) is 9.47 Å². The first kappa shape index (κ1) is 12.5. The van der Waals surface area contributed by atoms with Crippen LogP contribution in [0, 0.1) is 0 Å². The number of methoxy groups -OCH3 is 1. The van der Waals surface area contributed by atoms with Crippen LogP contribution in [-0.2, 0) is 9.53 Å². The molecule has 1 aromatic carbocycles. The zero-order chi connectivity index (χ0) is 12.8. The maximum absolute atomic E-state index is 11.0. The van der Waals surface area contributed by atoms with Crippen molar-refractivity contribution in [3.8, 4) is 11.5 Å². The number of carbonyl (C=O) groups is 1. The van der Waals surface area contributed by atoms with Crippen molar-refractivity contribution in [2.75, 3.05) is 32.2 Å². The molecule has 1 heterocycles. The molecule has 5 heteroatoms. The van der Waals surface area contributed by atoms with Crippen LogP contribution < -0.4 is 14.8 Å². The summed E-state index contributed by atoms with van der Waals surface area (Å²) in [6.45, 7) is 1.88. The second kappa shape index (κ2) is 6.14. The number of ether oxygens (including phenoxy) is 3. The Hall–Kier alpha value is -1.91. The van der Waals surface area contributed by atoms with Crippen LogP contribution in [-0.4, -0.2) is 32.8 Å². The molecule has 0 aliphatic carbocycles. The summed E-state index contributed by atoms with van der Waals surface area (Å²) >= 11 is 0. The average Bonchev–Trinajstić information content (AvgIpc) is 2.63. The molecule has 0 amide bonds. The lowest BCUT2D eigenvalue weighted by atomic mass is 10.2. The standard InChI is InChI=1S/C13H17NO4/c1-16-13(15)5-6-14-10-3-4-11-12(9-10)18-8-2-7-17-11/h3-4,9,14H,2,5-8H2,1H3. The van der Waals surface area contributed by atoms with Crippen LogP contribution >= 0.6 is 0 Å². The minimum absolute atomic E-state index is 0.225. The maximum Gasteiger partial charge on any atom is 0.307 e. The number of anilines is 1. The molecule has 1 aliphatic rings. The topological polar surface area (TPSA) is 56.8 Å². The van der Waals surface area contributed by atoms with Crippen LogP contribution in [0.25, 0.3) is 0 Å². The van der Waals surface area contributed by atoms with Gasteiger partial charge < -0.3 is 19.5 Å². The maximum atomic E-state index is 11.0. The lowest BCUT2D eigenvalue weighted by molar-refractivity contribution is -0.140. The van der Waals surface area contributed by atoms with Gasteiger partial charge in [0.15, 0.2) is 11.5 Å². The molecule has 0 unspecified atom stereocenters. The summed E-state index contributed by atoms with van der Waals surface area (Å²) in [4.78, 5) is 11.0. The van der Waals surface area contributed by atoms with Crippen LogP contribution in [0.1, 0.15) is 12.8 Å². The summed E-state index contributed by atoms with van der Waals surface area (Å²) in [6, 6.07) is 5.67. The first-order chi connectivity index (χ1) is 8.79. The molecule has 18 heavy (non-hydrogen) atoms. The van der Waals surface area contributed by atoms with E-state index in [1.807, 2.05) is 18.2 Å². The Morgan fingerprint density at radius 2 is 2.11 bits per heavy atom. The van der Waals surface area contributed by atoms with E-state index in [2.05, 4.69) is 10.1 Å². The highest BCUT2D eigenvalue weighted by Gasteiger charge is 2.10. The van der Waals surface area contributed by atoms with Gasteiger partial charge >= 0.3 is 5.97 Å². The molecule has 5 nitrogen and oxygen atoms in total. The van der Waals surface area contributed by atoms with Crippen molar-refractivity contribution < 1.29 is 19.0 Å². The highest BCUT2D eigenvalue weighted by molar-refractivity contribution is 5.70. The van der Waals surface area contributed by atoms with Crippen molar-refractivity contribution >= 4 is 11.7 Å². The van der Waals surface area contributed by atoms with Crippen LogP contribution in [0.5, 0.6) is 11.5 Å². The summed E-state index contributed by atoms with van der Waals surface area (Å²) in [5.41, 5.74) is 0.906. The van der Waals surface area contributed by atoms with Gasteiger partial charge in [0.05, 0.1) is 26.7 Å². The number of hydrogen-bond acceptors (Lipinski definition) is 5. The van der Waals surface area contributed by atoms with E-state index in [1.54, 1.807) is 0 Å². The molecule has 0 saturated heterocycles. The smallest absolute Gasteiger partial charge is 0.307 e. The van der Waals surface area contributed by atoms with Gasteiger partial charge in [-0.05, 0) is 12.1 Å². The van der Waals surface area contributed by atoms with Gasteiger partial charge in [0.2, 0.25) is 0 Å². The van der Waals surface area contributed by atoms with Gasteiger partial charge in [0.1, 0.15) is 0 Å². The molecule has 1 aromatic rings. The predicted molar refractivity (Wildman–Crippen MR) is 67.2 cm³/mol. The summed E-state index contributed by atoms with van der Waals surface area (Å²) in [5, 5.41) is 3.14. The van der Waals surface area contributed by atoms with Gasteiger partial charge in [-0.2, -0.15) is 0 Å². The van der Waals surface area contributed by atoms with E-state index in [9.17, 15) is 4.79 Å². The minimum atomic E-state index is -0.225. The molecule has 1 N–H and O–H groups in total. The van der Waals surface area contributed by atoms with E-state index in [-0.39, 0.29) is 5.97 Å². The first-order valence-electron chi connectivity index (χ1n) is 6.00. The SMILES string of the molecule is COC(=O)CCNc1ccc2c(c1)OCCCO2. The summed E-state index contributed by atoms with van der Waals surface area (Å²) in [5.74, 6) is 1.29. The second-order valence-electron chi connectivity index (χ2n) is 3.96. The molecular formula is C13H17NO4. The first-order valence-corrected chi connectivity index (χ1v) is 6.00. The lowest BCUT2D eigenvalue weighted by Crippen LogP contribution is -2.09. The third kappa shape index (κ3) is 3.29. The van der Waals surface area contributed by atoms with Gasteiger partial charge in [-0.3, -0.25) is 4.79 Å². The van der Waals surface area contributed by atoms with Crippen molar-refractivity contribution in [2.45, 2.75) is 12.8 Å². The zero-order valence-electron chi connectivity index (χ0n) is 10.4. The van der Waals surface area contributed by atoms with Crippen molar-refractivity contribution in [1.82, 2.24) is 0 Å². The van der Waals surface area contributed by atoms with E-state index < -0.39 is 0 Å². The third-order valence-electron chi connectivity index (χ3n) is 2.63. The molecule has 0 fully saturated rings. The molecule has 98 valence electrons. The Balaban J connectivity index is 1.93. The molecule has 1 aliphatic heterocycles. The van der Waals surface area contributed by atoms with Gasteiger partial charge in [-0.15, -0.1) is 0 Å². The fraction of sp³-hybridized carbons (Fsp3) is 0.462. The van der Waals surface area contributed by atoms with Crippen LogP contribution in [0.2, 0.25) is 0 Å². The highest BCUT2D eigenvalue weighted by Crippen LogP contribution is 2.32. The lowest BCUT2D eigenvalue weighted by Gasteiger charge is -2.10. The fourth-order valence-electron chi connectivity index (χ4n) is 1.68. The monoisotopic (exact) mass is 251 g/mol. The van der Waals surface area contributed by atoms with E-state index in [1.165, 1.54) is 7.11 Å². The predicted octanol–water partition coefficient (Wildman–Crippen LogP) is 1.82. The molecule has 0 saturated carbocycles. The average molecular weight is 251 g/mol. The number of hydrogen-bond donors (Lipinski definition) is 1. The Bertz CT molecular complexity index is 419. The number of carbonyl (C=O) groups excluding carboxylic acids is 1. The molecule has 0 bridgehead atoms. The molecule has 0 radical (unpaired) electrons. The molecule has 0 aromatic heterocycles. The Morgan fingerprint density at radius 1 is 1.33 bits per heavy atom. The van der Waals surface area contributed by atoms with Crippen molar-refractivity contribution in [2.24, 2.45) is 0 Å². The number of benzene rings is 1. The highest BCUT2D eigenvalue weighted by atomic mass is 16.5. The van der Waals surface area contributed by atoms with Crippen molar-refractivity contribution in [3.05, 3.63) is 18.2 Å². The molecular weight excluding hydrogens is 234 g/mol. The van der Waals surface area contributed by atoms with Gasteiger partial charge in [-0.1, -0.05) is 0 Å². The third-order valence-corrected chi connectivity index (χ3v) is 2.63. The van der Waals surface area contributed by atoms with E-state index in [0.717, 1.165) is 23.6 Å². The Labute approximate surface area is 106 Å². The fourth-order valence-corrected chi connectivity index (χ4v) is 1.68. The molecule has 0 atom stereocenters. The Kier molecular flexibility index (Phi) is 4.28. The quantitative estimate of drug-likeness (QED) is 0.827. The van der Waals surface area contributed by atoms with E-state index in [0.29, 0.717) is 26.2 Å². The van der Waals surface area contributed by atoms with Crippen LogP contribution in [0.3, 0.4) is 0 Å². The minimum Gasteiger partial charge on any atom is -0.490 e. The largest absolute Gasteiger partial charge is 0.490 e. The van der Waals surface area contributed by atoms with Crippen LogP contribution in [0.4, 0.5) is 5.69 Å². The Morgan fingerprint density at radius 3 is 2.89 bits per heavy atom. The number of nitrogens with one attached hydrogen (secondary N) is 1. The summed E-state index contributed by atoms with van der Waals surface area (Å²) in [6.07, 6.45) is 1.23. The normalized spacial score (nSPS) is 13.6. The van der Waals surface area contributed by atoms with E-state index >= 15 is 0 Å². The summed E-state index contributed by atoms with van der Waals surface area (Å²) in [7, 11) is 1.38. The van der Waals surface area contributed by atoms with Gasteiger partial charge in [0, 0.05) is 24.7 Å². The number of esters is 1. The van der Waals surface area contributed by atoms with Gasteiger partial charge in [0.25, 0.3) is 0 Å². The number of fused-ring (bicyclic) bond motifs is 1. The van der Waals surface area contributed by atoms with Crippen molar-refractivity contribution in [3.63, 3.8) is 0 Å².